The number of carboxylic acids is 1. The molecule has 0 unspecified atom stereocenters. The number of amides is 1. The van der Waals surface area contributed by atoms with Gasteiger partial charge in [-0.05, 0) is 72.7 Å². The third-order valence-corrected chi connectivity index (χ3v) is 6.39. The van der Waals surface area contributed by atoms with Gasteiger partial charge in [0, 0.05) is 16.7 Å². The maximum absolute atomic E-state index is 13.7. The Labute approximate surface area is 190 Å². The summed E-state index contributed by atoms with van der Waals surface area (Å²) >= 11 is 6.56. The molecular formula is C26H20ClNO4. The van der Waals surface area contributed by atoms with E-state index in [4.69, 9.17) is 11.6 Å². The van der Waals surface area contributed by atoms with Crippen LogP contribution in [0.2, 0.25) is 5.02 Å². The van der Waals surface area contributed by atoms with E-state index in [0.29, 0.717) is 27.9 Å². The van der Waals surface area contributed by atoms with E-state index in [-0.39, 0.29) is 11.5 Å². The number of fused-ring (bicyclic) bond motifs is 1. The molecule has 1 aliphatic carbocycles. The molecule has 5 nitrogen and oxygen atoms in total. The molecule has 0 aromatic heterocycles. The molecule has 3 aromatic carbocycles. The molecule has 0 saturated heterocycles. The molecule has 0 bridgehead atoms. The summed E-state index contributed by atoms with van der Waals surface area (Å²) in [6.45, 7) is 1.95. The fourth-order valence-corrected chi connectivity index (χ4v) is 4.59. The monoisotopic (exact) mass is 445 g/mol. The van der Waals surface area contributed by atoms with E-state index >= 15 is 0 Å². The van der Waals surface area contributed by atoms with Gasteiger partial charge in [0.05, 0.1) is 16.9 Å². The molecule has 1 amide bonds. The number of aromatic hydroxyl groups is 1. The summed E-state index contributed by atoms with van der Waals surface area (Å²) in [4.78, 5) is 26.5. The number of aromatic carboxylic acids is 1. The van der Waals surface area contributed by atoms with Crippen molar-refractivity contribution in [2.75, 3.05) is 4.90 Å². The maximum atomic E-state index is 13.7. The van der Waals surface area contributed by atoms with Crippen molar-refractivity contribution < 1.29 is 19.8 Å². The Kier molecular flexibility index (Phi) is 4.79. The first-order chi connectivity index (χ1) is 15.4. The van der Waals surface area contributed by atoms with Gasteiger partial charge in [-0.2, -0.15) is 0 Å². The van der Waals surface area contributed by atoms with Crippen molar-refractivity contribution in [3.05, 3.63) is 87.4 Å². The molecule has 1 aliphatic heterocycles. The SMILES string of the molecule is Cc1cccc2c1C(=Cc1c(Cl)cccc1C1CC1)C(=O)N2c1ccc(C(=O)O)c(O)c1. The molecule has 160 valence electrons. The highest BCUT2D eigenvalue weighted by Gasteiger charge is 2.36. The van der Waals surface area contributed by atoms with Crippen LogP contribution in [-0.4, -0.2) is 22.1 Å². The van der Waals surface area contributed by atoms with Gasteiger partial charge in [0.15, 0.2) is 0 Å². The van der Waals surface area contributed by atoms with Crippen molar-refractivity contribution in [2.45, 2.75) is 25.7 Å². The van der Waals surface area contributed by atoms with Crippen molar-refractivity contribution >= 4 is 46.5 Å². The van der Waals surface area contributed by atoms with Gasteiger partial charge in [-0.15, -0.1) is 0 Å². The predicted molar refractivity (Wildman–Crippen MR) is 125 cm³/mol. The molecule has 3 aromatic rings. The Bertz CT molecular complexity index is 1320. The van der Waals surface area contributed by atoms with Crippen molar-refractivity contribution in [3.63, 3.8) is 0 Å². The lowest BCUT2D eigenvalue weighted by atomic mass is 9.96. The van der Waals surface area contributed by atoms with Crippen LogP contribution in [0.5, 0.6) is 5.75 Å². The molecule has 0 radical (unpaired) electrons. The van der Waals surface area contributed by atoms with Crippen molar-refractivity contribution in [2.24, 2.45) is 0 Å². The van der Waals surface area contributed by atoms with E-state index < -0.39 is 11.7 Å². The molecule has 5 rings (SSSR count). The number of benzene rings is 3. The third kappa shape index (κ3) is 3.26. The van der Waals surface area contributed by atoms with E-state index in [0.717, 1.165) is 35.1 Å². The van der Waals surface area contributed by atoms with E-state index in [9.17, 15) is 19.8 Å². The fraction of sp³-hybridized carbons (Fsp3) is 0.154. The molecule has 1 saturated carbocycles. The summed E-state index contributed by atoms with van der Waals surface area (Å²) < 4.78 is 0. The first-order valence-electron chi connectivity index (χ1n) is 10.4. The number of hydrogen-bond acceptors (Lipinski definition) is 3. The second kappa shape index (κ2) is 7.53. The Morgan fingerprint density at radius 1 is 1.12 bits per heavy atom. The van der Waals surface area contributed by atoms with Gasteiger partial charge < -0.3 is 10.2 Å². The highest BCUT2D eigenvalue weighted by Crippen LogP contribution is 2.47. The Morgan fingerprint density at radius 3 is 2.56 bits per heavy atom. The zero-order valence-electron chi connectivity index (χ0n) is 17.3. The summed E-state index contributed by atoms with van der Waals surface area (Å²) in [5.41, 5.74) is 5.14. The van der Waals surface area contributed by atoms with Crippen LogP contribution >= 0.6 is 11.6 Å². The second-order valence-corrected chi connectivity index (χ2v) is 8.60. The van der Waals surface area contributed by atoms with Crippen LogP contribution in [0, 0.1) is 6.92 Å². The smallest absolute Gasteiger partial charge is 0.339 e. The summed E-state index contributed by atoms with van der Waals surface area (Å²) in [5.74, 6) is -1.41. The van der Waals surface area contributed by atoms with Gasteiger partial charge in [-0.25, -0.2) is 4.79 Å². The Morgan fingerprint density at radius 2 is 1.88 bits per heavy atom. The third-order valence-electron chi connectivity index (χ3n) is 6.06. The molecule has 6 heteroatoms. The molecular weight excluding hydrogens is 426 g/mol. The second-order valence-electron chi connectivity index (χ2n) is 8.19. The lowest BCUT2D eigenvalue weighted by Gasteiger charge is -2.18. The normalized spacial score (nSPS) is 16.5. The average molecular weight is 446 g/mol. The van der Waals surface area contributed by atoms with Crippen LogP contribution < -0.4 is 4.90 Å². The van der Waals surface area contributed by atoms with Crippen LogP contribution in [-0.2, 0) is 4.79 Å². The van der Waals surface area contributed by atoms with Gasteiger partial charge in [0.2, 0.25) is 0 Å². The number of anilines is 2. The largest absolute Gasteiger partial charge is 0.507 e. The number of rotatable bonds is 4. The standard InChI is InChI=1S/C26H20ClNO4/c1-14-4-2-7-22-24(14)20(13-19-17(15-8-9-15)5-3-6-21(19)27)25(30)28(22)16-10-11-18(26(31)32)23(29)12-16/h2-7,10-13,15,29H,8-9H2,1H3,(H,31,32). The fourth-order valence-electron chi connectivity index (χ4n) is 4.36. The van der Waals surface area contributed by atoms with Crippen molar-refractivity contribution in [3.8, 4) is 5.75 Å². The lowest BCUT2D eigenvalue weighted by Crippen LogP contribution is -2.20. The van der Waals surface area contributed by atoms with Crippen molar-refractivity contribution in [1.82, 2.24) is 0 Å². The van der Waals surface area contributed by atoms with Gasteiger partial charge in [0.1, 0.15) is 11.3 Å². The maximum Gasteiger partial charge on any atom is 0.339 e. The number of hydrogen-bond donors (Lipinski definition) is 2. The van der Waals surface area contributed by atoms with Crippen LogP contribution in [0.3, 0.4) is 0 Å². The quantitative estimate of drug-likeness (QED) is 0.472. The van der Waals surface area contributed by atoms with Crippen LogP contribution in [0.1, 0.15) is 51.4 Å². The van der Waals surface area contributed by atoms with E-state index in [1.807, 2.05) is 43.3 Å². The number of carbonyl (C=O) groups excluding carboxylic acids is 1. The zero-order valence-corrected chi connectivity index (χ0v) is 18.1. The van der Waals surface area contributed by atoms with E-state index in [2.05, 4.69) is 6.07 Å². The van der Waals surface area contributed by atoms with Gasteiger partial charge >= 0.3 is 5.97 Å². The van der Waals surface area contributed by atoms with Gasteiger partial charge in [0.25, 0.3) is 5.91 Å². The molecule has 32 heavy (non-hydrogen) atoms. The van der Waals surface area contributed by atoms with Gasteiger partial charge in [-0.1, -0.05) is 35.9 Å². The molecule has 0 spiro atoms. The summed E-state index contributed by atoms with van der Waals surface area (Å²) in [6, 6.07) is 15.6. The number of nitrogens with zero attached hydrogens (tertiary/aromatic N) is 1. The number of carboxylic acid groups (broad SMARTS) is 1. The highest BCUT2D eigenvalue weighted by molar-refractivity contribution is 6.39. The predicted octanol–water partition coefficient (Wildman–Crippen LogP) is 6.15. The van der Waals surface area contributed by atoms with Crippen LogP contribution in [0.15, 0.2) is 54.6 Å². The number of phenols is 1. The Balaban J connectivity index is 1.68. The van der Waals surface area contributed by atoms with Crippen molar-refractivity contribution in [1.29, 1.82) is 0 Å². The van der Waals surface area contributed by atoms with E-state index in [1.54, 1.807) is 0 Å². The minimum absolute atomic E-state index is 0.217. The molecule has 1 heterocycles. The van der Waals surface area contributed by atoms with Gasteiger partial charge in [-0.3, -0.25) is 9.69 Å². The zero-order chi connectivity index (χ0) is 22.6. The Hall–Kier alpha value is -3.57. The lowest BCUT2D eigenvalue weighted by molar-refractivity contribution is -0.112. The summed E-state index contributed by atoms with van der Waals surface area (Å²) in [7, 11) is 0. The molecule has 2 aliphatic rings. The topological polar surface area (TPSA) is 77.8 Å². The minimum Gasteiger partial charge on any atom is -0.507 e. The first-order valence-corrected chi connectivity index (χ1v) is 10.8. The minimum atomic E-state index is -1.23. The summed E-state index contributed by atoms with van der Waals surface area (Å²) in [6.07, 6.45) is 4.10. The van der Waals surface area contributed by atoms with Crippen LogP contribution in [0.4, 0.5) is 11.4 Å². The number of halogens is 1. The number of carbonyl (C=O) groups is 2. The first kappa shape index (κ1) is 20.3. The average Bonchev–Trinajstić information content (AvgIpc) is 3.54. The molecule has 2 N–H and O–H groups in total. The van der Waals surface area contributed by atoms with E-state index in [1.165, 1.54) is 23.1 Å². The molecule has 0 atom stereocenters. The highest BCUT2D eigenvalue weighted by atomic mass is 35.5. The summed E-state index contributed by atoms with van der Waals surface area (Å²) in [5, 5.41) is 20.0. The molecule has 1 fully saturated rings. The van der Waals surface area contributed by atoms with Crippen LogP contribution in [0.25, 0.3) is 11.6 Å². The number of aryl methyl sites for hydroxylation is 1.